The molecule has 2 nitrogen and oxygen atoms in total. The molecule has 0 unspecified atom stereocenters. The molecular formula is C12H15O2. The Morgan fingerprint density at radius 2 is 2.07 bits per heavy atom. The monoisotopic (exact) mass is 191 g/mol. The maximum atomic E-state index is 11.4. The van der Waals surface area contributed by atoms with E-state index in [1.54, 1.807) is 6.08 Å². The van der Waals surface area contributed by atoms with Crippen LogP contribution < -0.4 is 0 Å². The molecule has 0 amide bonds. The molecule has 2 heteroatoms. The molecule has 2 rings (SSSR count). The first-order valence-electron chi connectivity index (χ1n) is 5.34. The van der Waals surface area contributed by atoms with Crippen molar-refractivity contribution in [2.75, 3.05) is 0 Å². The summed E-state index contributed by atoms with van der Waals surface area (Å²) < 4.78 is 5.65. The predicted molar refractivity (Wildman–Crippen MR) is 53.5 cm³/mol. The van der Waals surface area contributed by atoms with Crippen LogP contribution in [0.15, 0.2) is 17.9 Å². The zero-order valence-electron chi connectivity index (χ0n) is 8.29. The van der Waals surface area contributed by atoms with Gasteiger partial charge in [0.25, 0.3) is 0 Å². The number of allylic oxidation sites excluding steroid dienone is 4. The highest BCUT2D eigenvalue weighted by atomic mass is 16.5. The average Bonchev–Trinajstić information content (AvgIpc) is 2.23. The Labute approximate surface area is 84.6 Å². The van der Waals surface area contributed by atoms with Gasteiger partial charge in [0.15, 0.2) is 5.76 Å². The van der Waals surface area contributed by atoms with E-state index in [1.807, 2.05) is 6.08 Å². The number of ether oxygens (including phenoxy) is 1. The van der Waals surface area contributed by atoms with Crippen LogP contribution in [0, 0.1) is 6.08 Å². The molecule has 14 heavy (non-hydrogen) atoms. The molecule has 0 aromatic carbocycles. The minimum atomic E-state index is 0.0677. The third-order valence-electron chi connectivity index (χ3n) is 2.73. The Morgan fingerprint density at radius 3 is 2.79 bits per heavy atom. The summed E-state index contributed by atoms with van der Waals surface area (Å²) in [5, 5.41) is 0. The molecule has 0 aromatic rings. The number of carbonyl (C=O) groups is 1. The van der Waals surface area contributed by atoms with Gasteiger partial charge in [-0.2, -0.15) is 0 Å². The van der Waals surface area contributed by atoms with Crippen molar-refractivity contribution in [1.29, 1.82) is 0 Å². The lowest BCUT2D eigenvalue weighted by atomic mass is 9.97. The van der Waals surface area contributed by atoms with Gasteiger partial charge in [0.1, 0.15) is 0 Å². The Morgan fingerprint density at radius 1 is 1.29 bits per heavy atom. The molecule has 0 aliphatic heterocycles. The van der Waals surface area contributed by atoms with Crippen LogP contribution >= 0.6 is 0 Å². The highest BCUT2D eigenvalue weighted by molar-refractivity contribution is 5.95. The Kier molecular flexibility index (Phi) is 3.02. The van der Waals surface area contributed by atoms with Crippen LogP contribution in [-0.2, 0) is 9.53 Å². The van der Waals surface area contributed by atoms with Crippen LogP contribution in [0.2, 0.25) is 0 Å². The van der Waals surface area contributed by atoms with Gasteiger partial charge in [-0.1, -0.05) is 18.6 Å². The van der Waals surface area contributed by atoms with Crippen LogP contribution in [0.5, 0.6) is 0 Å². The summed E-state index contributed by atoms with van der Waals surface area (Å²) in [6.07, 6.45) is 13.1. The van der Waals surface area contributed by atoms with Gasteiger partial charge in [-0.15, -0.1) is 0 Å². The van der Waals surface area contributed by atoms with Crippen LogP contribution in [0.4, 0.5) is 0 Å². The molecule has 1 fully saturated rings. The van der Waals surface area contributed by atoms with E-state index in [0.717, 1.165) is 12.8 Å². The molecule has 0 aromatic heterocycles. The summed E-state index contributed by atoms with van der Waals surface area (Å²) in [5.41, 5.74) is 0. The van der Waals surface area contributed by atoms with Crippen molar-refractivity contribution in [3.05, 3.63) is 24.0 Å². The summed E-state index contributed by atoms with van der Waals surface area (Å²) in [4.78, 5) is 11.4. The van der Waals surface area contributed by atoms with Crippen molar-refractivity contribution in [1.82, 2.24) is 0 Å². The molecule has 1 saturated carbocycles. The van der Waals surface area contributed by atoms with Gasteiger partial charge in [-0.05, 0) is 25.7 Å². The third kappa shape index (κ3) is 2.25. The maximum Gasteiger partial charge on any atom is 0.201 e. The van der Waals surface area contributed by atoms with E-state index in [-0.39, 0.29) is 11.9 Å². The van der Waals surface area contributed by atoms with Gasteiger partial charge < -0.3 is 4.74 Å². The number of rotatable bonds is 2. The van der Waals surface area contributed by atoms with Gasteiger partial charge in [-0.3, -0.25) is 4.79 Å². The second kappa shape index (κ2) is 4.45. The number of hydrogen-bond donors (Lipinski definition) is 0. The fourth-order valence-corrected chi connectivity index (χ4v) is 1.92. The number of hydrogen-bond acceptors (Lipinski definition) is 2. The second-order valence-corrected chi connectivity index (χ2v) is 3.88. The molecule has 0 N–H and O–H groups in total. The Bertz CT molecular complexity index is 270. The molecule has 0 bridgehead atoms. The predicted octanol–water partition coefficient (Wildman–Crippen LogP) is 2.55. The molecular weight excluding hydrogens is 176 g/mol. The highest BCUT2D eigenvalue weighted by Crippen LogP contribution is 2.23. The van der Waals surface area contributed by atoms with E-state index in [1.165, 1.54) is 19.3 Å². The summed E-state index contributed by atoms with van der Waals surface area (Å²) in [6.45, 7) is 0. The van der Waals surface area contributed by atoms with E-state index in [2.05, 4.69) is 6.08 Å². The van der Waals surface area contributed by atoms with Gasteiger partial charge >= 0.3 is 0 Å². The smallest absolute Gasteiger partial charge is 0.201 e. The minimum Gasteiger partial charge on any atom is -0.486 e. The van der Waals surface area contributed by atoms with Crippen molar-refractivity contribution < 1.29 is 9.53 Å². The van der Waals surface area contributed by atoms with Gasteiger partial charge in [0, 0.05) is 12.5 Å². The van der Waals surface area contributed by atoms with E-state index >= 15 is 0 Å². The molecule has 75 valence electrons. The van der Waals surface area contributed by atoms with Crippen LogP contribution in [0.3, 0.4) is 0 Å². The number of carbonyl (C=O) groups excluding carboxylic acids is 1. The van der Waals surface area contributed by atoms with Gasteiger partial charge in [-0.25, -0.2) is 0 Å². The molecule has 0 saturated heterocycles. The molecule has 0 heterocycles. The van der Waals surface area contributed by atoms with Crippen molar-refractivity contribution in [2.24, 2.45) is 0 Å². The lowest BCUT2D eigenvalue weighted by Crippen LogP contribution is -2.20. The van der Waals surface area contributed by atoms with E-state index in [4.69, 9.17) is 4.74 Å². The average molecular weight is 191 g/mol. The first kappa shape index (κ1) is 9.50. The quantitative estimate of drug-likeness (QED) is 0.670. The molecule has 0 atom stereocenters. The Hall–Kier alpha value is -1.05. The summed E-state index contributed by atoms with van der Waals surface area (Å²) in [6, 6.07) is 0. The first-order chi connectivity index (χ1) is 6.86. The zero-order valence-corrected chi connectivity index (χ0v) is 8.29. The van der Waals surface area contributed by atoms with Crippen LogP contribution in [0.1, 0.15) is 38.5 Å². The standard InChI is InChI=1S/C12H15O2/c13-11-8-4-5-9-12(11)14-10-6-2-1-3-7-10/h4-5,10H,1-3,6-8H2. The molecule has 2 aliphatic rings. The van der Waals surface area contributed by atoms with E-state index in [0.29, 0.717) is 12.2 Å². The van der Waals surface area contributed by atoms with E-state index < -0.39 is 0 Å². The molecule has 0 spiro atoms. The minimum absolute atomic E-state index is 0.0677. The van der Waals surface area contributed by atoms with Crippen molar-refractivity contribution >= 4 is 5.78 Å². The van der Waals surface area contributed by atoms with Crippen molar-refractivity contribution in [2.45, 2.75) is 44.6 Å². The summed E-state index contributed by atoms with van der Waals surface area (Å²) in [7, 11) is 0. The molecule has 1 radical (unpaired) electrons. The van der Waals surface area contributed by atoms with Crippen LogP contribution in [0.25, 0.3) is 0 Å². The fraction of sp³-hybridized carbons (Fsp3) is 0.583. The largest absolute Gasteiger partial charge is 0.486 e. The highest BCUT2D eigenvalue weighted by Gasteiger charge is 2.19. The van der Waals surface area contributed by atoms with Crippen LogP contribution in [-0.4, -0.2) is 11.9 Å². The van der Waals surface area contributed by atoms with E-state index in [9.17, 15) is 4.79 Å². The lowest BCUT2D eigenvalue weighted by molar-refractivity contribution is -0.119. The molecule has 2 aliphatic carbocycles. The van der Waals surface area contributed by atoms with Gasteiger partial charge in [0.2, 0.25) is 5.78 Å². The van der Waals surface area contributed by atoms with Gasteiger partial charge in [0.05, 0.1) is 6.10 Å². The number of ketones is 1. The second-order valence-electron chi connectivity index (χ2n) is 3.88. The fourth-order valence-electron chi connectivity index (χ4n) is 1.92. The Balaban J connectivity index is 1.92. The first-order valence-corrected chi connectivity index (χ1v) is 5.34. The SMILES string of the molecule is O=C1CC=C[C]=C1OC1CCCCC1. The normalized spacial score (nSPS) is 23.4. The third-order valence-corrected chi connectivity index (χ3v) is 2.73. The summed E-state index contributed by atoms with van der Waals surface area (Å²) >= 11 is 0. The van der Waals surface area contributed by atoms with Crippen molar-refractivity contribution in [3.8, 4) is 0 Å². The zero-order chi connectivity index (χ0) is 9.80. The lowest BCUT2D eigenvalue weighted by Gasteiger charge is -2.24. The summed E-state index contributed by atoms with van der Waals surface area (Å²) in [5.74, 6) is 0.512. The number of Topliss-reactive ketones (excluding diaryl/α,β-unsaturated/α-hetero) is 1. The maximum absolute atomic E-state index is 11.4. The van der Waals surface area contributed by atoms with Crippen molar-refractivity contribution in [3.63, 3.8) is 0 Å². The topological polar surface area (TPSA) is 26.3 Å².